The maximum absolute atomic E-state index is 12.3. The van der Waals surface area contributed by atoms with Crippen LogP contribution in [0, 0.1) is 0 Å². The highest BCUT2D eigenvalue weighted by Gasteiger charge is 2.40. The van der Waals surface area contributed by atoms with Crippen molar-refractivity contribution in [2.45, 2.75) is 283 Å². The lowest BCUT2D eigenvalue weighted by atomic mass is 9.98. The number of carbonyl (C=O) groups is 1. The van der Waals surface area contributed by atoms with E-state index < -0.39 is 33.3 Å². The lowest BCUT2D eigenvalue weighted by molar-refractivity contribution is -0.139. The van der Waals surface area contributed by atoms with Gasteiger partial charge in [0.2, 0.25) is 0 Å². The van der Waals surface area contributed by atoms with Crippen LogP contribution in [0.5, 0.6) is 0 Å². The first-order valence-electron chi connectivity index (χ1n) is 24.3. The van der Waals surface area contributed by atoms with E-state index in [1.807, 2.05) is 13.0 Å². The molecule has 58 heavy (non-hydrogen) atoms. The van der Waals surface area contributed by atoms with E-state index in [-0.39, 0.29) is 48.7 Å². The molecule has 2 aliphatic rings. The lowest BCUT2D eigenvalue weighted by Gasteiger charge is -2.34. The Balaban J connectivity index is 1.90. The molecule has 0 spiro atoms. The summed E-state index contributed by atoms with van der Waals surface area (Å²) < 4.78 is 39.6. The van der Waals surface area contributed by atoms with Crippen LogP contribution in [0.3, 0.4) is 0 Å². The van der Waals surface area contributed by atoms with E-state index in [1.54, 1.807) is 0 Å². The molecule has 0 aliphatic carbocycles. The van der Waals surface area contributed by atoms with E-state index in [1.165, 1.54) is 89.9 Å². The zero-order valence-corrected chi connectivity index (χ0v) is 44.7. The number of carbonyl (C=O) groups excluding carboxylic acids is 1. The summed E-state index contributed by atoms with van der Waals surface area (Å²) in [6.45, 7) is 31.9. The fourth-order valence-corrected chi connectivity index (χ4v) is 13.5. The van der Waals surface area contributed by atoms with Crippen molar-refractivity contribution in [3.05, 3.63) is 11.6 Å². The van der Waals surface area contributed by atoms with Crippen LogP contribution >= 0.6 is 0 Å². The molecule has 2 aliphatic heterocycles. The van der Waals surface area contributed by atoms with Gasteiger partial charge in [0, 0.05) is 24.2 Å². The molecule has 0 radical (unpaired) electrons. The van der Waals surface area contributed by atoms with Gasteiger partial charge in [-0.05, 0) is 137 Å². The molecular weight excluding hydrogens is 789 g/mol. The van der Waals surface area contributed by atoms with Gasteiger partial charge in [0.15, 0.2) is 33.3 Å². The summed E-state index contributed by atoms with van der Waals surface area (Å²) in [6.07, 6.45) is 30.5. The minimum Gasteiger partial charge on any atom is -0.455 e. The van der Waals surface area contributed by atoms with Crippen molar-refractivity contribution in [1.82, 2.24) is 0 Å². The Labute approximate surface area is 364 Å². The number of hydrogen-bond acceptors (Lipinski definition) is 7. The van der Waals surface area contributed by atoms with Gasteiger partial charge in [0.25, 0.3) is 0 Å². The molecule has 0 aromatic rings. The second-order valence-electron chi connectivity index (χ2n) is 21.9. The zero-order valence-electron chi connectivity index (χ0n) is 40.7. The van der Waals surface area contributed by atoms with Gasteiger partial charge in [-0.2, -0.15) is 0 Å². The third kappa shape index (κ3) is 26.4. The van der Waals surface area contributed by atoms with E-state index in [0.717, 1.165) is 56.9 Å². The quantitative estimate of drug-likeness (QED) is 0.0362. The van der Waals surface area contributed by atoms with E-state index in [4.69, 9.17) is 27.2 Å². The molecule has 1 fully saturated rings. The summed E-state index contributed by atoms with van der Waals surface area (Å²) in [5, 5.41) is 0. The van der Waals surface area contributed by atoms with E-state index in [9.17, 15) is 4.79 Å². The molecule has 342 valence electrons. The van der Waals surface area contributed by atoms with Crippen molar-refractivity contribution in [3.8, 4) is 0 Å². The average molecular weight is 886 g/mol. The molecule has 0 saturated carbocycles. The van der Waals surface area contributed by atoms with Crippen molar-refractivity contribution in [3.63, 3.8) is 0 Å². The first-order chi connectivity index (χ1) is 27.0. The monoisotopic (exact) mass is 885 g/mol. The molecule has 0 unspecified atom stereocenters. The minimum atomic E-state index is -1.79. The van der Waals surface area contributed by atoms with Crippen LogP contribution in [0.4, 0.5) is 0 Å². The molecule has 0 aromatic carbocycles. The third-order valence-electron chi connectivity index (χ3n) is 11.1. The summed E-state index contributed by atoms with van der Waals surface area (Å²) in [5.74, 6) is -0.166. The molecule has 0 bridgehead atoms. The smallest absolute Gasteiger partial charge is 0.334 e. The number of unbranched alkanes of at least 4 members (excludes halogenated alkanes) is 13. The maximum atomic E-state index is 12.3. The summed E-state index contributed by atoms with van der Waals surface area (Å²) in [4.78, 5) is 12.3. The van der Waals surface area contributed by atoms with Gasteiger partial charge in [0.1, 0.15) is 6.10 Å². The number of ether oxygens (including phenoxy) is 2. The Morgan fingerprint density at radius 1 is 0.534 bits per heavy atom. The van der Waals surface area contributed by atoms with Crippen LogP contribution in [0.1, 0.15) is 162 Å². The summed E-state index contributed by atoms with van der Waals surface area (Å²) in [7, 11) is -6.94. The highest BCUT2D eigenvalue weighted by atomic mass is 28.4. The van der Waals surface area contributed by atoms with Crippen LogP contribution in [-0.2, 0) is 32.0 Å². The Bertz CT molecular complexity index is 1140. The van der Waals surface area contributed by atoms with Crippen molar-refractivity contribution >= 4 is 39.2 Å². The molecule has 11 heteroatoms. The van der Waals surface area contributed by atoms with Gasteiger partial charge in [0.05, 0.1) is 24.4 Å². The summed E-state index contributed by atoms with van der Waals surface area (Å²) in [6, 6.07) is 0. The molecule has 0 amide bonds. The standard InChI is InChI=1S/C47H96O7Si4/c1-15-16-17-18-19-20-21-22-26-29-32-45(53-57(9,10)11)43-35-36-44(50-43)46(54-58(12,13)14)34-33-41(51-55(3,4)5)30-27-24-23-25-28-31-42(52-56(6,7)8)38-40-37-39(2)49-47(40)48/h37,39,41-46H,15-36,38H2,1-14H3/t39-,41+,42+,43+,44+,45+,46+/m0/s1. The Kier molecular flexibility index (Phi) is 25.3. The normalized spacial score (nSPS) is 21.6. The number of cyclic esters (lactones) is 1. The van der Waals surface area contributed by atoms with Crippen LogP contribution in [-0.4, -0.2) is 82.0 Å². The van der Waals surface area contributed by atoms with Crippen LogP contribution < -0.4 is 0 Å². The number of hydrogen-bond donors (Lipinski definition) is 0. The van der Waals surface area contributed by atoms with Gasteiger partial charge in [-0.1, -0.05) is 103 Å². The predicted molar refractivity (Wildman–Crippen MR) is 257 cm³/mol. The second kappa shape index (κ2) is 27.1. The van der Waals surface area contributed by atoms with Gasteiger partial charge >= 0.3 is 5.97 Å². The molecule has 7 nitrogen and oxygen atoms in total. The highest BCUT2D eigenvalue weighted by Crippen LogP contribution is 2.34. The summed E-state index contributed by atoms with van der Waals surface area (Å²) >= 11 is 0. The van der Waals surface area contributed by atoms with Gasteiger partial charge < -0.3 is 27.2 Å². The van der Waals surface area contributed by atoms with E-state index >= 15 is 0 Å². The highest BCUT2D eigenvalue weighted by molar-refractivity contribution is 6.70. The molecule has 0 N–H and O–H groups in total. The van der Waals surface area contributed by atoms with Gasteiger partial charge in [-0.25, -0.2) is 4.79 Å². The van der Waals surface area contributed by atoms with Gasteiger partial charge in [-0.3, -0.25) is 0 Å². The fourth-order valence-electron chi connectivity index (χ4n) is 8.73. The maximum Gasteiger partial charge on any atom is 0.334 e. The number of rotatable bonds is 34. The minimum absolute atomic E-state index is 0.0963. The van der Waals surface area contributed by atoms with E-state index in [0.29, 0.717) is 6.42 Å². The lowest BCUT2D eigenvalue weighted by Crippen LogP contribution is -2.42. The number of esters is 1. The first-order valence-corrected chi connectivity index (χ1v) is 38.0. The first kappa shape index (κ1) is 54.0. The SMILES string of the molecule is CCCCCCCCCCCC[C@@H](O[Si](C)(C)C)[C@H]1CC[C@H]([C@@H](CC[C@@H](CCCCCCC[C@H](CC2=C[C@H](C)OC2=O)O[Si](C)(C)C)O[Si](C)(C)C)O[Si](C)(C)C)O1. The Morgan fingerprint density at radius 2 is 0.931 bits per heavy atom. The molecule has 2 rings (SSSR count). The predicted octanol–water partition coefficient (Wildman–Crippen LogP) is 14.5. The van der Waals surface area contributed by atoms with Crippen LogP contribution in [0.25, 0.3) is 0 Å². The molecule has 1 saturated heterocycles. The largest absolute Gasteiger partial charge is 0.455 e. The van der Waals surface area contributed by atoms with Crippen molar-refractivity contribution in [1.29, 1.82) is 0 Å². The molecule has 2 heterocycles. The van der Waals surface area contributed by atoms with Crippen molar-refractivity contribution in [2.24, 2.45) is 0 Å². The van der Waals surface area contributed by atoms with Crippen LogP contribution in [0.2, 0.25) is 78.6 Å². The Morgan fingerprint density at radius 3 is 1.36 bits per heavy atom. The third-order valence-corrected chi connectivity index (χ3v) is 15.2. The second-order valence-corrected chi connectivity index (χ2v) is 39.8. The van der Waals surface area contributed by atoms with Crippen molar-refractivity contribution < 1.29 is 32.0 Å². The van der Waals surface area contributed by atoms with Crippen molar-refractivity contribution in [2.75, 3.05) is 0 Å². The Hall–Kier alpha value is -0.122. The zero-order chi connectivity index (χ0) is 43.4. The average Bonchev–Trinajstić information content (AvgIpc) is 3.69. The fraction of sp³-hybridized carbons (Fsp3) is 0.936. The van der Waals surface area contributed by atoms with Gasteiger partial charge in [-0.15, -0.1) is 0 Å². The molecule has 0 aromatic heterocycles. The molecule has 7 atom stereocenters. The van der Waals surface area contributed by atoms with Crippen LogP contribution in [0.15, 0.2) is 11.6 Å². The topological polar surface area (TPSA) is 72.5 Å². The molecular formula is C47H96O7Si4. The summed E-state index contributed by atoms with van der Waals surface area (Å²) in [5.41, 5.74) is 0.792. The van der Waals surface area contributed by atoms with E-state index in [2.05, 4.69) is 85.5 Å².